The van der Waals surface area contributed by atoms with Crippen LogP contribution in [0.2, 0.25) is 19.6 Å². The lowest BCUT2D eigenvalue weighted by Gasteiger charge is -2.28. The number of hydrogen-bond donors (Lipinski definition) is 0. The van der Waals surface area contributed by atoms with Crippen LogP contribution >= 0.6 is 0 Å². The molecule has 0 unspecified atom stereocenters. The molecular weight excluding hydrogens is 727 g/mol. The largest absolute Gasteiger partial charge is 0.310 e. The standard InChI is InChI=1S/C57H45NSi/c1-59(2,3)48-35-32-46(33-36-48)58(45-30-28-41(29-31-45)40-18-8-4-9-19-40)47-34-37-51-54(38-47)49-26-16-17-27-50(49)56-53(43-22-12-6-13-23-43)39-52(42-20-10-5-11-21-42)55(57(51)56)44-24-14-7-15-25-44/h4-39H,1-3H3. The predicted molar refractivity (Wildman–Crippen MR) is 258 cm³/mol. The van der Waals surface area contributed by atoms with E-state index in [1.54, 1.807) is 0 Å². The Bertz CT molecular complexity index is 3080. The fourth-order valence-electron chi connectivity index (χ4n) is 8.87. The molecule has 59 heavy (non-hydrogen) atoms. The first kappa shape index (κ1) is 36.3. The minimum Gasteiger partial charge on any atom is -0.310 e. The number of rotatable bonds is 8. The quantitative estimate of drug-likeness (QED) is 0.110. The Morgan fingerprint density at radius 2 is 0.746 bits per heavy atom. The van der Waals surface area contributed by atoms with Gasteiger partial charge >= 0.3 is 0 Å². The van der Waals surface area contributed by atoms with Gasteiger partial charge in [-0.3, -0.25) is 0 Å². The van der Waals surface area contributed by atoms with Crippen LogP contribution in [0.1, 0.15) is 0 Å². The van der Waals surface area contributed by atoms with Crippen molar-refractivity contribution in [1.82, 2.24) is 0 Å². The lowest BCUT2D eigenvalue weighted by Crippen LogP contribution is -2.37. The summed E-state index contributed by atoms with van der Waals surface area (Å²) >= 11 is 0. The van der Waals surface area contributed by atoms with Gasteiger partial charge in [-0.1, -0.05) is 201 Å². The van der Waals surface area contributed by atoms with Crippen molar-refractivity contribution in [2.75, 3.05) is 4.90 Å². The highest BCUT2D eigenvalue weighted by Gasteiger charge is 2.23. The smallest absolute Gasteiger partial charge is 0.0775 e. The van der Waals surface area contributed by atoms with Gasteiger partial charge in [0.25, 0.3) is 0 Å². The molecule has 10 aromatic rings. The minimum absolute atomic E-state index is 1.12. The maximum Gasteiger partial charge on any atom is 0.0775 e. The molecule has 0 aliphatic carbocycles. The van der Waals surface area contributed by atoms with E-state index in [1.807, 2.05) is 0 Å². The molecule has 0 bridgehead atoms. The highest BCUT2D eigenvalue weighted by Crippen LogP contribution is 2.50. The Morgan fingerprint density at radius 1 is 0.305 bits per heavy atom. The molecule has 2 heteroatoms. The van der Waals surface area contributed by atoms with Crippen molar-refractivity contribution in [3.63, 3.8) is 0 Å². The minimum atomic E-state index is -1.50. The van der Waals surface area contributed by atoms with E-state index in [4.69, 9.17) is 0 Å². The van der Waals surface area contributed by atoms with E-state index in [9.17, 15) is 0 Å². The van der Waals surface area contributed by atoms with Crippen molar-refractivity contribution >= 4 is 62.6 Å². The SMILES string of the molecule is C[Si](C)(C)c1ccc(N(c2ccc(-c3ccccc3)cc2)c2ccc3c(c2)c2ccccc2c2c(-c4ccccc4)cc(-c4ccccc4)c(-c4ccccc4)c32)cc1. The number of anilines is 3. The second kappa shape index (κ2) is 15.1. The van der Waals surface area contributed by atoms with E-state index in [1.165, 1.54) is 82.0 Å². The van der Waals surface area contributed by atoms with Gasteiger partial charge in [0.15, 0.2) is 0 Å². The molecular formula is C57H45NSi. The fourth-order valence-corrected chi connectivity index (χ4v) is 10.0. The molecule has 0 aliphatic rings. The second-order valence-electron chi connectivity index (χ2n) is 16.5. The molecule has 0 atom stereocenters. The van der Waals surface area contributed by atoms with Crippen LogP contribution in [-0.4, -0.2) is 8.07 Å². The lowest BCUT2D eigenvalue weighted by atomic mass is 9.81. The fraction of sp³-hybridized carbons (Fsp3) is 0.0526. The highest BCUT2D eigenvalue weighted by atomic mass is 28.3. The molecule has 10 aromatic carbocycles. The van der Waals surface area contributed by atoms with Crippen molar-refractivity contribution in [1.29, 1.82) is 0 Å². The monoisotopic (exact) mass is 771 g/mol. The Hall–Kier alpha value is -7.00. The Labute approximate surface area is 348 Å². The van der Waals surface area contributed by atoms with E-state index in [0.29, 0.717) is 0 Å². The summed E-state index contributed by atoms with van der Waals surface area (Å²) in [6, 6.07) is 80.4. The Morgan fingerprint density at radius 3 is 1.32 bits per heavy atom. The third-order valence-corrected chi connectivity index (χ3v) is 13.9. The van der Waals surface area contributed by atoms with Gasteiger partial charge in [0.05, 0.1) is 8.07 Å². The molecule has 282 valence electrons. The summed E-state index contributed by atoms with van der Waals surface area (Å²) < 4.78 is 0. The van der Waals surface area contributed by atoms with Crippen LogP contribution in [0.25, 0.3) is 76.8 Å². The molecule has 0 fully saturated rings. The van der Waals surface area contributed by atoms with Crippen LogP contribution < -0.4 is 10.1 Å². The number of hydrogen-bond acceptors (Lipinski definition) is 1. The Kier molecular flexibility index (Phi) is 9.28. The summed E-state index contributed by atoms with van der Waals surface area (Å²) in [5.41, 5.74) is 13.2. The normalized spacial score (nSPS) is 11.6. The number of fused-ring (bicyclic) bond motifs is 6. The number of benzene rings is 10. The molecule has 0 N–H and O–H groups in total. The van der Waals surface area contributed by atoms with Crippen molar-refractivity contribution in [2.24, 2.45) is 0 Å². The van der Waals surface area contributed by atoms with Gasteiger partial charge in [0.1, 0.15) is 0 Å². The van der Waals surface area contributed by atoms with E-state index in [2.05, 4.69) is 243 Å². The zero-order valence-electron chi connectivity index (χ0n) is 33.7. The first-order valence-electron chi connectivity index (χ1n) is 20.6. The van der Waals surface area contributed by atoms with E-state index < -0.39 is 8.07 Å². The van der Waals surface area contributed by atoms with Crippen LogP contribution in [-0.2, 0) is 0 Å². The van der Waals surface area contributed by atoms with Crippen molar-refractivity contribution in [2.45, 2.75) is 19.6 Å². The molecule has 0 saturated carbocycles. The molecule has 0 aliphatic heterocycles. The van der Waals surface area contributed by atoms with Crippen LogP contribution in [0.4, 0.5) is 17.1 Å². The summed E-state index contributed by atoms with van der Waals surface area (Å²) in [4.78, 5) is 2.43. The summed E-state index contributed by atoms with van der Waals surface area (Å²) in [5.74, 6) is 0. The molecule has 0 radical (unpaired) electrons. The predicted octanol–water partition coefficient (Wildman–Crippen LogP) is 15.8. The summed E-state index contributed by atoms with van der Waals surface area (Å²) in [6.45, 7) is 7.24. The molecule has 0 amide bonds. The van der Waals surface area contributed by atoms with E-state index in [0.717, 1.165) is 17.1 Å². The van der Waals surface area contributed by atoms with Crippen molar-refractivity contribution in [3.8, 4) is 44.5 Å². The average molecular weight is 772 g/mol. The first-order chi connectivity index (χ1) is 28.9. The van der Waals surface area contributed by atoms with Crippen LogP contribution in [0.15, 0.2) is 218 Å². The van der Waals surface area contributed by atoms with Crippen LogP contribution in [0.3, 0.4) is 0 Å². The zero-order chi connectivity index (χ0) is 39.9. The molecule has 1 nitrogen and oxygen atoms in total. The lowest BCUT2D eigenvalue weighted by molar-refractivity contribution is 1.29. The summed E-state index contributed by atoms with van der Waals surface area (Å²) in [5, 5.41) is 8.97. The molecule has 10 rings (SSSR count). The highest BCUT2D eigenvalue weighted by molar-refractivity contribution is 6.88. The van der Waals surface area contributed by atoms with Gasteiger partial charge in [-0.15, -0.1) is 0 Å². The molecule has 0 heterocycles. The van der Waals surface area contributed by atoms with Gasteiger partial charge in [0, 0.05) is 17.1 Å². The van der Waals surface area contributed by atoms with Gasteiger partial charge in [-0.2, -0.15) is 0 Å². The van der Waals surface area contributed by atoms with E-state index in [-0.39, 0.29) is 0 Å². The van der Waals surface area contributed by atoms with Gasteiger partial charge in [-0.25, -0.2) is 0 Å². The Balaban J connectivity index is 1.29. The van der Waals surface area contributed by atoms with Gasteiger partial charge in [-0.05, 0) is 119 Å². The maximum absolute atomic E-state index is 2.44. The molecule has 0 saturated heterocycles. The average Bonchev–Trinajstić information content (AvgIpc) is 3.30. The third-order valence-electron chi connectivity index (χ3n) is 11.8. The van der Waals surface area contributed by atoms with E-state index >= 15 is 0 Å². The first-order valence-corrected chi connectivity index (χ1v) is 24.1. The van der Waals surface area contributed by atoms with Crippen molar-refractivity contribution in [3.05, 3.63) is 218 Å². The third kappa shape index (κ3) is 6.72. The zero-order valence-corrected chi connectivity index (χ0v) is 34.7. The molecule has 0 aromatic heterocycles. The second-order valence-corrected chi connectivity index (χ2v) is 21.6. The summed E-state index contributed by atoms with van der Waals surface area (Å²) in [7, 11) is -1.50. The van der Waals surface area contributed by atoms with Gasteiger partial charge < -0.3 is 4.90 Å². The summed E-state index contributed by atoms with van der Waals surface area (Å²) in [6.07, 6.45) is 0. The topological polar surface area (TPSA) is 3.24 Å². The van der Waals surface area contributed by atoms with Crippen LogP contribution in [0, 0.1) is 0 Å². The maximum atomic E-state index is 2.44. The number of nitrogens with zero attached hydrogens (tertiary/aromatic N) is 1. The van der Waals surface area contributed by atoms with Gasteiger partial charge in [0.2, 0.25) is 0 Å². The van der Waals surface area contributed by atoms with Crippen molar-refractivity contribution < 1.29 is 0 Å². The molecule has 0 spiro atoms. The van der Waals surface area contributed by atoms with Crippen LogP contribution in [0.5, 0.6) is 0 Å².